The zero-order chi connectivity index (χ0) is 14.0. The molecule has 0 aliphatic heterocycles. The van der Waals surface area contributed by atoms with Crippen molar-refractivity contribution in [3.63, 3.8) is 0 Å². The smallest absolute Gasteiger partial charge is 0.0842 e. The van der Waals surface area contributed by atoms with Gasteiger partial charge in [-0.05, 0) is 49.5 Å². The molecule has 1 N–H and O–H groups in total. The number of fused-ring (bicyclic) bond motifs is 4. The van der Waals surface area contributed by atoms with E-state index in [0.29, 0.717) is 0 Å². The van der Waals surface area contributed by atoms with Gasteiger partial charge in [-0.2, -0.15) is 0 Å². The van der Waals surface area contributed by atoms with Crippen molar-refractivity contribution in [1.82, 2.24) is 0 Å². The van der Waals surface area contributed by atoms with Gasteiger partial charge in [-0.15, -0.1) is 0 Å². The van der Waals surface area contributed by atoms with Crippen LogP contribution in [0.3, 0.4) is 0 Å². The van der Waals surface area contributed by atoms with Crippen LogP contribution in [0.4, 0.5) is 0 Å². The highest BCUT2D eigenvalue weighted by molar-refractivity contribution is 6.16. The second-order valence-corrected chi connectivity index (χ2v) is 5.91. The number of hydrogen-bond acceptors (Lipinski definition) is 1. The van der Waals surface area contributed by atoms with Crippen LogP contribution in [0, 0.1) is 0 Å². The van der Waals surface area contributed by atoms with Gasteiger partial charge in [0, 0.05) is 6.42 Å². The molecular formula is C20H14O. The summed E-state index contributed by atoms with van der Waals surface area (Å²) >= 11 is 0. The molecule has 0 fully saturated rings. The molecule has 0 saturated carbocycles. The largest absolute Gasteiger partial charge is 0.388 e. The van der Waals surface area contributed by atoms with Gasteiger partial charge < -0.3 is 5.11 Å². The Morgan fingerprint density at radius 3 is 2.48 bits per heavy atom. The molecule has 0 spiro atoms. The number of benzene rings is 4. The Balaban J connectivity index is 2.13. The fraction of sp³-hybridized carbons (Fsp3) is 0.100. The number of aliphatic hydroxyl groups is 1. The van der Waals surface area contributed by atoms with Crippen molar-refractivity contribution in [3.8, 4) is 0 Å². The molecule has 0 amide bonds. The Kier molecular flexibility index (Phi) is 2.06. The maximum Gasteiger partial charge on any atom is 0.0842 e. The summed E-state index contributed by atoms with van der Waals surface area (Å²) in [6.07, 6.45) is 0.342. The van der Waals surface area contributed by atoms with Crippen molar-refractivity contribution in [2.24, 2.45) is 0 Å². The Morgan fingerprint density at radius 2 is 1.52 bits per heavy atom. The molecule has 1 heteroatoms. The normalized spacial score (nSPS) is 17.1. The van der Waals surface area contributed by atoms with Crippen molar-refractivity contribution in [3.05, 3.63) is 71.8 Å². The molecule has 0 saturated heterocycles. The maximum atomic E-state index is 10.6. The van der Waals surface area contributed by atoms with Gasteiger partial charge in [0.15, 0.2) is 0 Å². The van der Waals surface area contributed by atoms with E-state index in [-0.39, 0.29) is 6.10 Å². The van der Waals surface area contributed by atoms with Crippen LogP contribution in [0.2, 0.25) is 0 Å². The Bertz CT molecular complexity index is 1030. The molecule has 1 unspecified atom stereocenters. The van der Waals surface area contributed by atoms with E-state index < -0.39 is 0 Å². The first kappa shape index (κ1) is 11.3. The maximum absolute atomic E-state index is 10.6. The molecule has 1 nitrogen and oxygen atoms in total. The van der Waals surface area contributed by atoms with Crippen LogP contribution >= 0.6 is 0 Å². The van der Waals surface area contributed by atoms with Crippen molar-refractivity contribution < 1.29 is 5.11 Å². The monoisotopic (exact) mass is 270 g/mol. The van der Waals surface area contributed by atoms with Crippen LogP contribution in [0.1, 0.15) is 17.2 Å². The van der Waals surface area contributed by atoms with Crippen molar-refractivity contribution in [2.45, 2.75) is 12.5 Å². The van der Waals surface area contributed by atoms with E-state index >= 15 is 0 Å². The van der Waals surface area contributed by atoms with Gasteiger partial charge in [0.25, 0.3) is 0 Å². The third kappa shape index (κ3) is 1.39. The minimum Gasteiger partial charge on any atom is -0.388 e. The van der Waals surface area contributed by atoms with Crippen LogP contribution in [0.25, 0.3) is 32.3 Å². The summed E-state index contributed by atoms with van der Waals surface area (Å²) < 4.78 is 0. The van der Waals surface area contributed by atoms with Gasteiger partial charge in [-0.3, -0.25) is 0 Å². The molecule has 1 aliphatic rings. The van der Waals surface area contributed by atoms with Crippen LogP contribution in [-0.2, 0) is 6.42 Å². The zero-order valence-electron chi connectivity index (χ0n) is 11.5. The van der Waals surface area contributed by atoms with Crippen LogP contribution in [-0.4, -0.2) is 5.11 Å². The van der Waals surface area contributed by atoms with Crippen molar-refractivity contribution >= 4 is 32.3 Å². The molecule has 1 aliphatic carbocycles. The molecule has 0 aromatic heterocycles. The van der Waals surface area contributed by atoms with Crippen LogP contribution in [0.5, 0.6) is 0 Å². The second-order valence-electron chi connectivity index (χ2n) is 5.91. The van der Waals surface area contributed by atoms with Crippen LogP contribution < -0.4 is 0 Å². The molecule has 100 valence electrons. The first-order chi connectivity index (χ1) is 10.3. The predicted molar refractivity (Wildman–Crippen MR) is 87.6 cm³/mol. The molecule has 1 atom stereocenters. The highest BCUT2D eigenvalue weighted by Gasteiger charge is 2.25. The first-order valence-corrected chi connectivity index (χ1v) is 7.37. The number of aliphatic hydroxyl groups excluding tert-OH is 1. The highest BCUT2D eigenvalue weighted by atomic mass is 16.3. The molecule has 0 bridgehead atoms. The average Bonchev–Trinajstić information content (AvgIpc) is 2.85. The van der Waals surface area contributed by atoms with Gasteiger partial charge in [-0.1, -0.05) is 54.6 Å². The minimum atomic E-state index is -0.389. The average molecular weight is 270 g/mol. The van der Waals surface area contributed by atoms with Gasteiger partial charge >= 0.3 is 0 Å². The summed E-state index contributed by atoms with van der Waals surface area (Å²) in [5.74, 6) is 0. The fourth-order valence-corrected chi connectivity index (χ4v) is 3.88. The third-order valence-corrected chi connectivity index (χ3v) is 4.74. The lowest BCUT2D eigenvalue weighted by Crippen LogP contribution is -1.95. The van der Waals surface area contributed by atoms with Crippen molar-refractivity contribution in [2.75, 3.05) is 0 Å². The topological polar surface area (TPSA) is 20.2 Å². The molecule has 4 aromatic rings. The van der Waals surface area contributed by atoms with Gasteiger partial charge in [0.2, 0.25) is 0 Å². The van der Waals surface area contributed by atoms with Crippen LogP contribution in [0.15, 0.2) is 60.7 Å². The first-order valence-electron chi connectivity index (χ1n) is 7.37. The van der Waals surface area contributed by atoms with Gasteiger partial charge in [-0.25, -0.2) is 0 Å². The lowest BCUT2D eigenvalue weighted by Gasteiger charge is -2.12. The quantitative estimate of drug-likeness (QED) is 0.361. The van der Waals surface area contributed by atoms with Gasteiger partial charge in [0.05, 0.1) is 6.10 Å². The van der Waals surface area contributed by atoms with Gasteiger partial charge in [0.1, 0.15) is 0 Å². The molecule has 21 heavy (non-hydrogen) atoms. The summed E-state index contributed by atoms with van der Waals surface area (Å²) in [7, 11) is 0. The third-order valence-electron chi connectivity index (χ3n) is 4.74. The highest BCUT2D eigenvalue weighted by Crippen LogP contribution is 2.43. The lowest BCUT2D eigenvalue weighted by molar-refractivity contribution is 0.187. The summed E-state index contributed by atoms with van der Waals surface area (Å²) in [4.78, 5) is 0. The molecule has 4 aromatic carbocycles. The van der Waals surface area contributed by atoms with E-state index in [4.69, 9.17) is 0 Å². The summed E-state index contributed by atoms with van der Waals surface area (Å²) in [5.41, 5.74) is 2.39. The molecule has 0 radical (unpaired) electrons. The molecule has 0 heterocycles. The van der Waals surface area contributed by atoms with E-state index in [2.05, 4.69) is 60.7 Å². The van der Waals surface area contributed by atoms with E-state index in [1.165, 1.54) is 37.9 Å². The second kappa shape index (κ2) is 3.84. The predicted octanol–water partition coefficient (Wildman–Crippen LogP) is 4.74. The zero-order valence-corrected chi connectivity index (χ0v) is 11.5. The Hall–Kier alpha value is -2.38. The minimum absolute atomic E-state index is 0.389. The molecular weight excluding hydrogens is 256 g/mol. The summed E-state index contributed by atoms with van der Waals surface area (Å²) in [6, 6.07) is 21.4. The van der Waals surface area contributed by atoms with E-state index in [0.717, 1.165) is 12.0 Å². The standard InChI is InChI=1S/C20H14O/c21-17-11-14-6-3-5-13-10-15-9-8-12-4-1-2-7-16(12)19(15)20(17)18(13)14/h1-10,17,21H,11H2. The Labute approximate surface area is 122 Å². The summed E-state index contributed by atoms with van der Waals surface area (Å²) in [6.45, 7) is 0. The molecule has 5 rings (SSSR count). The van der Waals surface area contributed by atoms with E-state index in [9.17, 15) is 5.11 Å². The lowest BCUT2D eigenvalue weighted by atomic mass is 9.93. The fourth-order valence-electron chi connectivity index (χ4n) is 3.88. The van der Waals surface area contributed by atoms with E-state index in [1.807, 2.05) is 0 Å². The van der Waals surface area contributed by atoms with Crippen molar-refractivity contribution in [1.29, 1.82) is 0 Å². The number of hydrogen-bond donors (Lipinski definition) is 1. The summed E-state index contributed by atoms with van der Waals surface area (Å²) in [5, 5.41) is 18.0. The van der Waals surface area contributed by atoms with E-state index in [1.54, 1.807) is 0 Å². The number of rotatable bonds is 0. The SMILES string of the molecule is OC1Cc2cccc3cc4ccc5ccccc5c4c1c23. The Morgan fingerprint density at radius 1 is 0.762 bits per heavy atom.